The number of rotatable bonds is 5. The lowest BCUT2D eigenvalue weighted by molar-refractivity contribution is -0.116. The molecule has 0 aliphatic carbocycles. The van der Waals surface area contributed by atoms with Gasteiger partial charge in [-0.25, -0.2) is 0 Å². The standard InChI is InChI=1S/C16H15Cl2NO2/c1-21-13-4-2-3-12(10-13)19-16(20)8-6-11-5-7-14(17)15(18)9-11/h2-5,7,9-10H,6,8H2,1H3,(H,19,20). The van der Waals surface area contributed by atoms with Gasteiger partial charge in [0.1, 0.15) is 5.75 Å². The van der Waals surface area contributed by atoms with Crippen LogP contribution in [-0.4, -0.2) is 13.0 Å². The highest BCUT2D eigenvalue weighted by Gasteiger charge is 2.05. The molecule has 3 nitrogen and oxygen atoms in total. The lowest BCUT2D eigenvalue weighted by atomic mass is 10.1. The van der Waals surface area contributed by atoms with Crippen molar-refractivity contribution >= 4 is 34.8 Å². The second kappa shape index (κ2) is 7.34. The summed E-state index contributed by atoms with van der Waals surface area (Å²) in [4.78, 5) is 11.9. The van der Waals surface area contributed by atoms with Crippen molar-refractivity contribution in [3.63, 3.8) is 0 Å². The predicted octanol–water partition coefficient (Wildman–Crippen LogP) is 4.57. The Balaban J connectivity index is 1.90. The molecule has 0 saturated heterocycles. The smallest absolute Gasteiger partial charge is 0.224 e. The number of carbonyl (C=O) groups excluding carboxylic acids is 1. The quantitative estimate of drug-likeness (QED) is 0.875. The highest BCUT2D eigenvalue weighted by Crippen LogP contribution is 2.23. The Labute approximate surface area is 133 Å². The number of carbonyl (C=O) groups is 1. The maximum atomic E-state index is 11.9. The van der Waals surface area contributed by atoms with Crippen LogP contribution in [0.1, 0.15) is 12.0 Å². The molecule has 0 aliphatic heterocycles. The average Bonchev–Trinajstić information content (AvgIpc) is 2.48. The molecule has 0 unspecified atom stereocenters. The van der Waals surface area contributed by atoms with E-state index in [1.807, 2.05) is 24.3 Å². The fourth-order valence-corrected chi connectivity index (χ4v) is 2.20. The Hall–Kier alpha value is -1.71. The highest BCUT2D eigenvalue weighted by atomic mass is 35.5. The Morgan fingerprint density at radius 1 is 1.14 bits per heavy atom. The number of hydrogen-bond donors (Lipinski definition) is 1. The van der Waals surface area contributed by atoms with Crippen molar-refractivity contribution in [1.82, 2.24) is 0 Å². The third kappa shape index (κ3) is 4.66. The molecule has 2 rings (SSSR count). The van der Waals surface area contributed by atoms with Gasteiger partial charge in [-0.2, -0.15) is 0 Å². The lowest BCUT2D eigenvalue weighted by Gasteiger charge is -2.07. The van der Waals surface area contributed by atoms with Crippen molar-refractivity contribution in [3.8, 4) is 5.75 Å². The summed E-state index contributed by atoms with van der Waals surface area (Å²) in [6, 6.07) is 12.6. The van der Waals surface area contributed by atoms with Crippen molar-refractivity contribution in [2.45, 2.75) is 12.8 Å². The van der Waals surface area contributed by atoms with Crippen LogP contribution in [0.15, 0.2) is 42.5 Å². The molecule has 1 amide bonds. The number of anilines is 1. The van der Waals surface area contributed by atoms with Crippen molar-refractivity contribution in [2.75, 3.05) is 12.4 Å². The Morgan fingerprint density at radius 2 is 1.95 bits per heavy atom. The Morgan fingerprint density at radius 3 is 2.67 bits per heavy atom. The summed E-state index contributed by atoms with van der Waals surface area (Å²) in [5.41, 5.74) is 1.69. The van der Waals surface area contributed by atoms with E-state index in [4.69, 9.17) is 27.9 Å². The number of methoxy groups -OCH3 is 1. The van der Waals surface area contributed by atoms with Crippen molar-refractivity contribution in [1.29, 1.82) is 0 Å². The maximum Gasteiger partial charge on any atom is 0.224 e. The fourth-order valence-electron chi connectivity index (χ4n) is 1.88. The van der Waals surface area contributed by atoms with Crippen LogP contribution in [0, 0.1) is 0 Å². The van der Waals surface area contributed by atoms with Gasteiger partial charge < -0.3 is 10.1 Å². The summed E-state index contributed by atoms with van der Waals surface area (Å²) in [5, 5.41) is 3.85. The molecule has 0 atom stereocenters. The molecule has 0 spiro atoms. The van der Waals surface area contributed by atoms with E-state index >= 15 is 0 Å². The monoisotopic (exact) mass is 323 g/mol. The molecule has 2 aromatic rings. The number of hydrogen-bond acceptors (Lipinski definition) is 2. The third-order valence-corrected chi connectivity index (χ3v) is 3.72. The van der Waals surface area contributed by atoms with Gasteiger partial charge in [0.25, 0.3) is 0 Å². The van der Waals surface area contributed by atoms with Gasteiger partial charge in [-0.1, -0.05) is 35.3 Å². The van der Waals surface area contributed by atoms with Gasteiger partial charge in [0.2, 0.25) is 5.91 Å². The Kier molecular flexibility index (Phi) is 5.48. The molecule has 1 N–H and O–H groups in total. The van der Waals surface area contributed by atoms with Crippen LogP contribution in [0.3, 0.4) is 0 Å². The van der Waals surface area contributed by atoms with E-state index in [9.17, 15) is 4.79 Å². The van der Waals surface area contributed by atoms with Crippen LogP contribution in [0.5, 0.6) is 5.75 Å². The van der Waals surface area contributed by atoms with Crippen LogP contribution < -0.4 is 10.1 Å². The van der Waals surface area contributed by atoms with E-state index in [0.717, 1.165) is 5.56 Å². The van der Waals surface area contributed by atoms with E-state index in [1.165, 1.54) is 0 Å². The van der Waals surface area contributed by atoms with Crippen molar-refractivity contribution in [2.24, 2.45) is 0 Å². The van der Waals surface area contributed by atoms with Gasteiger partial charge >= 0.3 is 0 Å². The summed E-state index contributed by atoms with van der Waals surface area (Å²) in [5.74, 6) is 0.645. The largest absolute Gasteiger partial charge is 0.497 e. The molecular weight excluding hydrogens is 309 g/mol. The topological polar surface area (TPSA) is 38.3 Å². The SMILES string of the molecule is COc1cccc(NC(=O)CCc2ccc(Cl)c(Cl)c2)c1. The summed E-state index contributed by atoms with van der Waals surface area (Å²) >= 11 is 11.8. The molecule has 0 radical (unpaired) electrons. The summed E-state index contributed by atoms with van der Waals surface area (Å²) in [6.07, 6.45) is 0.974. The van der Waals surface area contributed by atoms with Gasteiger partial charge in [0, 0.05) is 18.2 Å². The van der Waals surface area contributed by atoms with Gasteiger partial charge in [-0.15, -0.1) is 0 Å². The first-order chi connectivity index (χ1) is 10.1. The molecule has 110 valence electrons. The minimum atomic E-state index is -0.0608. The first kappa shape index (κ1) is 15.7. The fraction of sp³-hybridized carbons (Fsp3) is 0.188. The number of benzene rings is 2. The van der Waals surface area contributed by atoms with Gasteiger partial charge in [0.05, 0.1) is 17.2 Å². The van der Waals surface area contributed by atoms with E-state index < -0.39 is 0 Å². The number of ether oxygens (including phenoxy) is 1. The predicted molar refractivity (Wildman–Crippen MR) is 86.4 cm³/mol. The molecule has 0 heterocycles. The van der Waals surface area contributed by atoms with Crippen LogP contribution in [0.2, 0.25) is 10.0 Å². The number of amides is 1. The van der Waals surface area contributed by atoms with Crippen molar-refractivity contribution in [3.05, 3.63) is 58.1 Å². The van der Waals surface area contributed by atoms with Gasteiger partial charge in [-0.3, -0.25) is 4.79 Å². The minimum Gasteiger partial charge on any atom is -0.497 e. The van der Waals surface area contributed by atoms with Crippen LogP contribution in [0.25, 0.3) is 0 Å². The number of nitrogens with one attached hydrogen (secondary N) is 1. The second-order valence-electron chi connectivity index (χ2n) is 4.53. The zero-order chi connectivity index (χ0) is 15.2. The van der Waals surface area contributed by atoms with Crippen LogP contribution >= 0.6 is 23.2 Å². The maximum absolute atomic E-state index is 11.9. The van der Waals surface area contributed by atoms with E-state index in [2.05, 4.69) is 5.32 Å². The number of aryl methyl sites for hydroxylation is 1. The van der Waals surface area contributed by atoms with Gasteiger partial charge in [-0.05, 0) is 36.2 Å². The van der Waals surface area contributed by atoms with Crippen LogP contribution in [0.4, 0.5) is 5.69 Å². The van der Waals surface area contributed by atoms with E-state index in [1.54, 1.807) is 25.3 Å². The molecule has 0 saturated carbocycles. The zero-order valence-electron chi connectivity index (χ0n) is 11.5. The summed E-state index contributed by atoms with van der Waals surface area (Å²) in [6.45, 7) is 0. The lowest BCUT2D eigenvalue weighted by Crippen LogP contribution is -2.12. The molecule has 0 fully saturated rings. The zero-order valence-corrected chi connectivity index (χ0v) is 13.0. The first-order valence-corrected chi connectivity index (χ1v) is 7.22. The van der Waals surface area contributed by atoms with Crippen LogP contribution in [-0.2, 0) is 11.2 Å². The molecule has 2 aromatic carbocycles. The van der Waals surface area contributed by atoms with Gasteiger partial charge in [0.15, 0.2) is 0 Å². The molecule has 0 aromatic heterocycles. The third-order valence-electron chi connectivity index (χ3n) is 2.98. The van der Waals surface area contributed by atoms with Crippen molar-refractivity contribution < 1.29 is 9.53 Å². The molecular formula is C16H15Cl2NO2. The highest BCUT2D eigenvalue weighted by molar-refractivity contribution is 6.42. The second-order valence-corrected chi connectivity index (χ2v) is 5.34. The molecule has 0 aliphatic rings. The molecule has 5 heteroatoms. The van der Waals surface area contributed by atoms with E-state index in [0.29, 0.717) is 34.3 Å². The Bertz CT molecular complexity index is 644. The van der Waals surface area contributed by atoms with E-state index in [-0.39, 0.29) is 5.91 Å². The first-order valence-electron chi connectivity index (χ1n) is 6.46. The molecule has 0 bridgehead atoms. The average molecular weight is 324 g/mol. The number of halogens is 2. The summed E-state index contributed by atoms with van der Waals surface area (Å²) < 4.78 is 5.11. The molecule has 21 heavy (non-hydrogen) atoms. The minimum absolute atomic E-state index is 0.0608. The summed E-state index contributed by atoms with van der Waals surface area (Å²) in [7, 11) is 1.59. The normalized spacial score (nSPS) is 10.2.